The van der Waals surface area contributed by atoms with Crippen LogP contribution >= 0.6 is 11.6 Å². The number of aromatic amines is 1. The van der Waals surface area contributed by atoms with Gasteiger partial charge in [0.25, 0.3) is 5.56 Å². The first-order valence-corrected chi connectivity index (χ1v) is 4.62. The maximum Gasteiger partial charge on any atom is 0.259 e. The zero-order valence-electron chi connectivity index (χ0n) is 7.89. The highest BCUT2D eigenvalue weighted by Gasteiger charge is 2.05. The zero-order chi connectivity index (χ0) is 10.3. The standard InChI is InChI=1S/C10H9ClN2O/c1-5-3-7(11)4-8-9(5)10(14)13-6(2)12-8/h3-4H,1-2H3,(H,12,13,14). The molecule has 14 heavy (non-hydrogen) atoms. The predicted molar refractivity (Wildman–Crippen MR) is 56.8 cm³/mol. The number of nitrogens with one attached hydrogen (secondary N) is 1. The normalized spacial score (nSPS) is 10.8. The van der Waals surface area contributed by atoms with Gasteiger partial charge in [-0.15, -0.1) is 0 Å². The number of hydrogen-bond acceptors (Lipinski definition) is 2. The molecule has 0 radical (unpaired) electrons. The number of rotatable bonds is 0. The van der Waals surface area contributed by atoms with Crippen molar-refractivity contribution in [2.45, 2.75) is 13.8 Å². The van der Waals surface area contributed by atoms with Crippen LogP contribution in [0.2, 0.25) is 5.02 Å². The number of H-pyrrole nitrogens is 1. The van der Waals surface area contributed by atoms with Crippen LogP contribution in [0.25, 0.3) is 10.9 Å². The summed E-state index contributed by atoms with van der Waals surface area (Å²) in [6.45, 7) is 3.59. The Kier molecular flexibility index (Phi) is 2.04. The average Bonchev–Trinajstić information content (AvgIpc) is 1.99. The third-order valence-electron chi connectivity index (χ3n) is 2.09. The van der Waals surface area contributed by atoms with Gasteiger partial charge in [-0.1, -0.05) is 11.6 Å². The molecule has 3 nitrogen and oxygen atoms in total. The first-order valence-electron chi connectivity index (χ1n) is 4.25. The second kappa shape index (κ2) is 3.10. The molecule has 0 aliphatic heterocycles. The van der Waals surface area contributed by atoms with Crippen LogP contribution in [0.5, 0.6) is 0 Å². The van der Waals surface area contributed by atoms with E-state index in [1.807, 2.05) is 6.92 Å². The number of fused-ring (bicyclic) bond motifs is 1. The van der Waals surface area contributed by atoms with Crippen molar-refractivity contribution >= 4 is 22.5 Å². The molecule has 0 aliphatic carbocycles. The molecule has 72 valence electrons. The van der Waals surface area contributed by atoms with Crippen molar-refractivity contribution in [2.75, 3.05) is 0 Å². The molecule has 0 unspecified atom stereocenters. The fraction of sp³-hybridized carbons (Fsp3) is 0.200. The number of benzene rings is 1. The van der Waals surface area contributed by atoms with Crippen molar-refractivity contribution in [3.05, 3.63) is 38.9 Å². The second-order valence-electron chi connectivity index (χ2n) is 3.27. The largest absolute Gasteiger partial charge is 0.310 e. The van der Waals surface area contributed by atoms with Gasteiger partial charge in [0.1, 0.15) is 5.82 Å². The quantitative estimate of drug-likeness (QED) is 0.722. The lowest BCUT2D eigenvalue weighted by molar-refractivity contribution is 1.06. The molecule has 1 aromatic carbocycles. The molecule has 0 amide bonds. The summed E-state index contributed by atoms with van der Waals surface area (Å²) in [7, 11) is 0. The first-order chi connectivity index (χ1) is 6.58. The fourth-order valence-corrected chi connectivity index (χ4v) is 1.81. The third-order valence-corrected chi connectivity index (χ3v) is 2.31. The lowest BCUT2D eigenvalue weighted by Gasteiger charge is -2.02. The van der Waals surface area contributed by atoms with E-state index in [4.69, 9.17) is 11.6 Å². The van der Waals surface area contributed by atoms with Crippen molar-refractivity contribution in [3.63, 3.8) is 0 Å². The highest BCUT2D eigenvalue weighted by Crippen LogP contribution is 2.18. The summed E-state index contributed by atoms with van der Waals surface area (Å²) in [6.07, 6.45) is 0. The Morgan fingerprint density at radius 2 is 2.07 bits per heavy atom. The molecule has 4 heteroatoms. The Bertz CT molecular complexity index is 555. The second-order valence-corrected chi connectivity index (χ2v) is 3.70. The minimum absolute atomic E-state index is 0.110. The van der Waals surface area contributed by atoms with Crippen LogP contribution in [0.1, 0.15) is 11.4 Å². The molecule has 0 atom stereocenters. The van der Waals surface area contributed by atoms with Gasteiger partial charge in [-0.2, -0.15) is 0 Å². The Hall–Kier alpha value is -1.35. The van der Waals surface area contributed by atoms with E-state index in [1.165, 1.54) is 0 Å². The van der Waals surface area contributed by atoms with Gasteiger partial charge in [0.05, 0.1) is 10.9 Å². The minimum Gasteiger partial charge on any atom is -0.310 e. The van der Waals surface area contributed by atoms with Gasteiger partial charge in [0, 0.05) is 5.02 Å². The smallest absolute Gasteiger partial charge is 0.259 e. The summed E-state index contributed by atoms with van der Waals surface area (Å²) in [5, 5.41) is 1.22. The molecule has 0 aliphatic rings. The van der Waals surface area contributed by atoms with Crippen molar-refractivity contribution in [1.82, 2.24) is 9.97 Å². The summed E-state index contributed by atoms with van der Waals surface area (Å²) < 4.78 is 0. The van der Waals surface area contributed by atoms with E-state index < -0.39 is 0 Å². The van der Waals surface area contributed by atoms with Gasteiger partial charge in [-0.3, -0.25) is 4.79 Å². The SMILES string of the molecule is Cc1nc2cc(Cl)cc(C)c2c(=O)[nH]1. The summed E-state index contributed by atoms with van der Waals surface area (Å²) in [6, 6.07) is 3.46. The monoisotopic (exact) mass is 208 g/mol. The minimum atomic E-state index is -0.110. The maximum atomic E-state index is 11.6. The number of aromatic nitrogens is 2. The summed E-state index contributed by atoms with van der Waals surface area (Å²) in [4.78, 5) is 18.5. The van der Waals surface area contributed by atoms with E-state index >= 15 is 0 Å². The molecule has 2 aromatic rings. The predicted octanol–water partition coefficient (Wildman–Crippen LogP) is 2.19. The van der Waals surface area contributed by atoms with E-state index in [1.54, 1.807) is 19.1 Å². The molecule has 0 saturated carbocycles. The molecular weight excluding hydrogens is 200 g/mol. The molecule has 1 aromatic heterocycles. The molecule has 0 bridgehead atoms. The Morgan fingerprint density at radius 1 is 1.36 bits per heavy atom. The zero-order valence-corrected chi connectivity index (χ0v) is 8.64. The lowest BCUT2D eigenvalue weighted by Crippen LogP contribution is -2.10. The number of hydrogen-bond donors (Lipinski definition) is 1. The van der Waals surface area contributed by atoms with Crippen LogP contribution < -0.4 is 5.56 Å². The third kappa shape index (κ3) is 1.40. The average molecular weight is 209 g/mol. The van der Waals surface area contributed by atoms with Gasteiger partial charge in [-0.25, -0.2) is 4.98 Å². The number of nitrogens with zero attached hydrogens (tertiary/aromatic N) is 1. The first kappa shape index (κ1) is 9.21. The number of aryl methyl sites for hydroxylation is 2. The van der Waals surface area contributed by atoms with Crippen LogP contribution in [0.4, 0.5) is 0 Å². The van der Waals surface area contributed by atoms with Gasteiger partial charge in [0.2, 0.25) is 0 Å². The fourth-order valence-electron chi connectivity index (χ4n) is 1.54. The maximum absolute atomic E-state index is 11.6. The Balaban J connectivity index is 3.02. The van der Waals surface area contributed by atoms with Crippen molar-refractivity contribution < 1.29 is 0 Å². The Labute approximate surface area is 85.7 Å². The highest BCUT2D eigenvalue weighted by molar-refractivity contribution is 6.31. The molecular formula is C10H9ClN2O. The molecule has 0 spiro atoms. The molecule has 1 N–H and O–H groups in total. The topological polar surface area (TPSA) is 45.8 Å². The van der Waals surface area contributed by atoms with E-state index in [0.717, 1.165) is 5.56 Å². The van der Waals surface area contributed by atoms with Crippen LogP contribution in [0.15, 0.2) is 16.9 Å². The van der Waals surface area contributed by atoms with E-state index in [9.17, 15) is 4.79 Å². The lowest BCUT2D eigenvalue weighted by atomic mass is 10.1. The van der Waals surface area contributed by atoms with Crippen molar-refractivity contribution in [3.8, 4) is 0 Å². The van der Waals surface area contributed by atoms with Crippen molar-refractivity contribution in [1.29, 1.82) is 0 Å². The van der Waals surface area contributed by atoms with Gasteiger partial charge in [-0.05, 0) is 31.5 Å². The van der Waals surface area contributed by atoms with E-state index in [2.05, 4.69) is 9.97 Å². The van der Waals surface area contributed by atoms with E-state index in [0.29, 0.717) is 21.7 Å². The van der Waals surface area contributed by atoms with E-state index in [-0.39, 0.29) is 5.56 Å². The van der Waals surface area contributed by atoms with Gasteiger partial charge in [0.15, 0.2) is 0 Å². The van der Waals surface area contributed by atoms with Crippen LogP contribution in [-0.2, 0) is 0 Å². The van der Waals surface area contributed by atoms with Crippen LogP contribution in [-0.4, -0.2) is 9.97 Å². The Morgan fingerprint density at radius 3 is 2.79 bits per heavy atom. The van der Waals surface area contributed by atoms with Crippen LogP contribution in [0.3, 0.4) is 0 Å². The van der Waals surface area contributed by atoms with Gasteiger partial charge >= 0.3 is 0 Å². The van der Waals surface area contributed by atoms with Crippen LogP contribution in [0, 0.1) is 13.8 Å². The van der Waals surface area contributed by atoms with Crippen molar-refractivity contribution in [2.24, 2.45) is 0 Å². The molecule has 0 saturated heterocycles. The highest BCUT2D eigenvalue weighted by atomic mass is 35.5. The summed E-state index contributed by atoms with van der Waals surface area (Å²) in [5.74, 6) is 0.601. The summed E-state index contributed by atoms with van der Waals surface area (Å²) in [5.41, 5.74) is 1.39. The van der Waals surface area contributed by atoms with Gasteiger partial charge < -0.3 is 4.98 Å². The molecule has 2 rings (SSSR count). The summed E-state index contributed by atoms with van der Waals surface area (Å²) >= 11 is 5.88. The number of halogens is 1. The molecule has 1 heterocycles. The molecule has 0 fully saturated rings.